The van der Waals surface area contributed by atoms with E-state index in [1.807, 2.05) is 20.8 Å². The molecule has 0 bridgehead atoms. The van der Waals surface area contributed by atoms with Gasteiger partial charge in [-0.15, -0.1) is 0 Å². The van der Waals surface area contributed by atoms with Crippen LogP contribution in [0, 0.1) is 51.8 Å². The Morgan fingerprint density at radius 3 is 2.44 bits per heavy atom. The first kappa shape index (κ1) is 25.7. The van der Waals surface area contributed by atoms with Crippen LogP contribution in [0.15, 0.2) is 23.3 Å². The predicted molar refractivity (Wildman–Crippen MR) is 138 cm³/mol. The Labute approximate surface area is 208 Å². The zero-order chi connectivity index (χ0) is 25.1. The second kappa shape index (κ2) is 8.93. The van der Waals surface area contributed by atoms with E-state index in [2.05, 4.69) is 39.8 Å². The highest BCUT2D eigenvalue weighted by atomic mass is 16.5. The van der Waals surface area contributed by atoms with E-state index >= 15 is 0 Å². The summed E-state index contributed by atoms with van der Waals surface area (Å²) in [5.74, 6) is 3.00. The van der Waals surface area contributed by atoms with Gasteiger partial charge in [-0.3, -0.25) is 9.59 Å². The van der Waals surface area contributed by atoms with E-state index in [-0.39, 0.29) is 28.1 Å². The normalized spacial score (nSPS) is 47.4. The molecule has 0 spiro atoms. The van der Waals surface area contributed by atoms with Crippen LogP contribution < -0.4 is 0 Å². The molecule has 3 saturated carbocycles. The summed E-state index contributed by atoms with van der Waals surface area (Å²) in [6, 6.07) is 0. The second-order valence-corrected chi connectivity index (χ2v) is 12.6. The highest BCUT2D eigenvalue weighted by Gasteiger charge is 2.64. The number of rotatable bonds is 1. The molecule has 9 atom stereocenters. The van der Waals surface area contributed by atoms with Gasteiger partial charge in [0.15, 0.2) is 5.78 Å². The highest BCUT2D eigenvalue weighted by Crippen LogP contribution is 2.69. The Balaban J connectivity index is 0.00000133. The first-order valence-electron chi connectivity index (χ1n) is 14.1. The molecule has 3 fully saturated rings. The number of ether oxygens (including phenoxy) is 1. The maximum Gasteiger partial charge on any atom is 0.312 e. The standard InChI is InChI=1S/C29H42O3.C2H6/c1-17-8-7-13-29(26(31)32-6)15-12-22-20(24(17)29)9-10-23-27(22,4)14-11-21-19(3)25(30)18(2)16-28(21,23)5;1-2/h9,16-17,19,21-24H,7-8,10-15H2,1-6H3;1-2H3. The lowest BCUT2D eigenvalue weighted by Gasteiger charge is -2.65. The molecule has 5 aliphatic carbocycles. The van der Waals surface area contributed by atoms with E-state index in [9.17, 15) is 9.59 Å². The molecule has 3 nitrogen and oxygen atoms in total. The molecule has 5 rings (SSSR count). The molecular weight excluding hydrogens is 420 g/mol. The molecular formula is C31H48O3. The topological polar surface area (TPSA) is 43.4 Å². The summed E-state index contributed by atoms with van der Waals surface area (Å²) in [6.45, 7) is 15.6. The van der Waals surface area contributed by atoms with Gasteiger partial charge in [0.25, 0.3) is 0 Å². The number of Topliss-reactive ketones (excluding diaryl/α,β-unsaturated/α-hetero) is 1. The molecule has 0 heterocycles. The molecule has 5 aliphatic rings. The Morgan fingerprint density at radius 1 is 1.06 bits per heavy atom. The summed E-state index contributed by atoms with van der Waals surface area (Å²) in [6.07, 6.45) is 13.8. The monoisotopic (exact) mass is 468 g/mol. The van der Waals surface area contributed by atoms with Crippen LogP contribution in [0.25, 0.3) is 0 Å². The van der Waals surface area contributed by atoms with Crippen LogP contribution in [-0.2, 0) is 14.3 Å². The lowest BCUT2D eigenvalue weighted by atomic mass is 9.39. The van der Waals surface area contributed by atoms with Crippen molar-refractivity contribution in [3.8, 4) is 0 Å². The molecule has 0 N–H and O–H groups in total. The average molecular weight is 469 g/mol. The quantitative estimate of drug-likeness (QED) is 0.295. The predicted octanol–water partition coefficient (Wildman–Crippen LogP) is 7.55. The van der Waals surface area contributed by atoms with E-state index in [1.54, 1.807) is 12.7 Å². The molecule has 9 unspecified atom stereocenters. The fourth-order valence-corrected chi connectivity index (χ4v) is 10.0. The number of carbonyl (C=O) groups excluding carboxylic acids is 2. The van der Waals surface area contributed by atoms with Gasteiger partial charge in [-0.1, -0.05) is 72.1 Å². The second-order valence-electron chi connectivity index (χ2n) is 12.6. The van der Waals surface area contributed by atoms with Gasteiger partial charge >= 0.3 is 5.97 Å². The van der Waals surface area contributed by atoms with Crippen LogP contribution >= 0.6 is 0 Å². The largest absolute Gasteiger partial charge is 0.469 e. The summed E-state index contributed by atoms with van der Waals surface area (Å²) in [5.41, 5.74) is 2.59. The summed E-state index contributed by atoms with van der Waals surface area (Å²) in [7, 11) is 1.58. The zero-order valence-electron chi connectivity index (χ0n) is 23.0. The van der Waals surface area contributed by atoms with E-state index < -0.39 is 0 Å². The number of hydrogen-bond acceptors (Lipinski definition) is 3. The fourth-order valence-electron chi connectivity index (χ4n) is 10.0. The van der Waals surface area contributed by atoms with Crippen LogP contribution in [0.3, 0.4) is 0 Å². The maximum atomic E-state index is 13.2. The van der Waals surface area contributed by atoms with Gasteiger partial charge in [-0.2, -0.15) is 0 Å². The Kier molecular flexibility index (Phi) is 6.75. The van der Waals surface area contributed by atoms with Crippen LogP contribution in [-0.4, -0.2) is 18.9 Å². The zero-order valence-corrected chi connectivity index (χ0v) is 23.0. The van der Waals surface area contributed by atoms with Crippen molar-refractivity contribution in [2.75, 3.05) is 7.11 Å². The Bertz CT molecular complexity index is 898. The molecule has 0 saturated heterocycles. The van der Waals surface area contributed by atoms with Crippen molar-refractivity contribution < 1.29 is 14.3 Å². The lowest BCUT2D eigenvalue weighted by molar-refractivity contribution is -0.166. The van der Waals surface area contributed by atoms with Gasteiger partial charge in [-0.25, -0.2) is 0 Å². The molecule has 0 aliphatic heterocycles. The SMILES string of the molecule is CC.COC(=O)C12CCCC(C)C1C1=CCC3C4(C)C=C(C)C(=O)C(C)C4CCC3(C)C1CC2. The number of hydrogen-bond donors (Lipinski definition) is 0. The van der Waals surface area contributed by atoms with Gasteiger partial charge in [0.1, 0.15) is 0 Å². The number of carbonyl (C=O) groups is 2. The van der Waals surface area contributed by atoms with Crippen molar-refractivity contribution in [1.82, 2.24) is 0 Å². The lowest BCUT2D eigenvalue weighted by Crippen LogP contribution is -2.59. The minimum absolute atomic E-state index is 0.0366. The number of esters is 1. The van der Waals surface area contributed by atoms with Crippen molar-refractivity contribution in [3.63, 3.8) is 0 Å². The first-order chi connectivity index (χ1) is 16.1. The van der Waals surface area contributed by atoms with Crippen LogP contribution in [0.4, 0.5) is 0 Å². The summed E-state index contributed by atoms with van der Waals surface area (Å²) in [5, 5.41) is 0. The van der Waals surface area contributed by atoms with Crippen molar-refractivity contribution in [2.45, 2.75) is 99.8 Å². The van der Waals surface area contributed by atoms with Crippen LogP contribution in [0.5, 0.6) is 0 Å². The molecule has 3 heteroatoms. The van der Waals surface area contributed by atoms with E-state index in [1.165, 1.54) is 12.8 Å². The van der Waals surface area contributed by atoms with Gasteiger partial charge in [0.2, 0.25) is 0 Å². The number of fused-ring (bicyclic) bond motifs is 7. The molecule has 0 aromatic heterocycles. The number of ketones is 1. The molecule has 0 radical (unpaired) electrons. The molecule has 0 aromatic rings. The number of methoxy groups -OCH3 is 1. The third-order valence-corrected chi connectivity index (χ3v) is 11.3. The van der Waals surface area contributed by atoms with E-state index in [0.29, 0.717) is 35.4 Å². The Hall–Kier alpha value is -1.38. The van der Waals surface area contributed by atoms with Crippen molar-refractivity contribution in [1.29, 1.82) is 0 Å². The minimum Gasteiger partial charge on any atom is -0.469 e. The fraction of sp³-hybridized carbons (Fsp3) is 0.806. The van der Waals surface area contributed by atoms with Crippen molar-refractivity contribution >= 4 is 11.8 Å². The summed E-state index contributed by atoms with van der Waals surface area (Å²) >= 11 is 0. The summed E-state index contributed by atoms with van der Waals surface area (Å²) in [4.78, 5) is 25.9. The van der Waals surface area contributed by atoms with Gasteiger partial charge in [0, 0.05) is 5.92 Å². The highest BCUT2D eigenvalue weighted by molar-refractivity contribution is 5.97. The Morgan fingerprint density at radius 2 is 1.76 bits per heavy atom. The van der Waals surface area contributed by atoms with Crippen molar-refractivity contribution in [3.05, 3.63) is 23.3 Å². The van der Waals surface area contributed by atoms with E-state index in [0.717, 1.165) is 44.1 Å². The van der Waals surface area contributed by atoms with Gasteiger partial charge < -0.3 is 4.74 Å². The van der Waals surface area contributed by atoms with Crippen LogP contribution in [0.2, 0.25) is 0 Å². The first-order valence-corrected chi connectivity index (χ1v) is 14.1. The van der Waals surface area contributed by atoms with Crippen molar-refractivity contribution in [2.24, 2.45) is 51.8 Å². The molecule has 190 valence electrons. The van der Waals surface area contributed by atoms with Gasteiger partial charge in [0.05, 0.1) is 12.5 Å². The third kappa shape index (κ3) is 3.34. The average Bonchev–Trinajstić information content (AvgIpc) is 2.82. The smallest absolute Gasteiger partial charge is 0.312 e. The molecule has 0 amide bonds. The minimum atomic E-state index is -0.304. The summed E-state index contributed by atoms with van der Waals surface area (Å²) < 4.78 is 5.42. The van der Waals surface area contributed by atoms with E-state index in [4.69, 9.17) is 4.74 Å². The van der Waals surface area contributed by atoms with Crippen LogP contribution in [0.1, 0.15) is 99.8 Å². The number of allylic oxidation sites excluding steroid dienone is 4. The third-order valence-electron chi connectivity index (χ3n) is 11.3. The molecule has 0 aromatic carbocycles. The maximum absolute atomic E-state index is 13.2. The van der Waals surface area contributed by atoms with Gasteiger partial charge in [-0.05, 0) is 91.4 Å². The molecule has 34 heavy (non-hydrogen) atoms.